The maximum atomic E-state index is 12.3. The zero-order valence-corrected chi connectivity index (χ0v) is 11.2. The Balaban J connectivity index is 2.04. The zero-order chi connectivity index (χ0) is 14.1. The van der Waals surface area contributed by atoms with Crippen LogP contribution in [0.15, 0.2) is 40.2 Å². The van der Waals surface area contributed by atoms with Crippen molar-refractivity contribution in [3.8, 4) is 5.88 Å². The number of nitrogens with zero attached hydrogens (tertiary/aromatic N) is 3. The average Bonchev–Trinajstić information content (AvgIpc) is 3.28. The lowest BCUT2D eigenvalue weighted by atomic mass is 10.2. The van der Waals surface area contributed by atoms with Crippen molar-refractivity contribution in [2.45, 2.75) is 25.4 Å². The molecule has 2 heterocycles. The predicted octanol–water partition coefficient (Wildman–Crippen LogP) is 0.797. The van der Waals surface area contributed by atoms with E-state index in [2.05, 4.69) is 4.98 Å². The molecule has 0 amide bonds. The Labute approximate surface area is 115 Å². The quantitative estimate of drug-likeness (QED) is 0.826. The van der Waals surface area contributed by atoms with Crippen LogP contribution in [0.5, 0.6) is 5.88 Å². The van der Waals surface area contributed by atoms with Gasteiger partial charge in [-0.15, -0.1) is 0 Å². The van der Waals surface area contributed by atoms with Crippen LogP contribution >= 0.6 is 0 Å². The van der Waals surface area contributed by atoms with Crippen LogP contribution in [0.25, 0.3) is 0 Å². The van der Waals surface area contributed by atoms with E-state index in [1.54, 1.807) is 29.1 Å². The van der Waals surface area contributed by atoms with Gasteiger partial charge in [-0.1, -0.05) is 6.07 Å². The van der Waals surface area contributed by atoms with Gasteiger partial charge in [0, 0.05) is 30.1 Å². The smallest absolute Gasteiger partial charge is 0.331 e. The third-order valence-corrected chi connectivity index (χ3v) is 3.41. The van der Waals surface area contributed by atoms with Gasteiger partial charge < -0.3 is 4.74 Å². The Kier molecular flexibility index (Phi) is 3.14. The van der Waals surface area contributed by atoms with Gasteiger partial charge in [-0.25, -0.2) is 9.78 Å². The highest BCUT2D eigenvalue weighted by Gasteiger charge is 2.25. The highest BCUT2D eigenvalue weighted by atomic mass is 16.5. The summed E-state index contributed by atoms with van der Waals surface area (Å²) >= 11 is 0. The highest BCUT2D eigenvalue weighted by molar-refractivity contribution is 5.25. The molecule has 0 radical (unpaired) electrons. The normalized spacial score (nSPS) is 14.2. The molecule has 1 aliphatic rings. The molecule has 2 aromatic rings. The van der Waals surface area contributed by atoms with Crippen molar-refractivity contribution in [3.05, 3.63) is 57.0 Å². The molecule has 0 aromatic carbocycles. The fraction of sp³-hybridized carbons (Fsp3) is 0.357. The lowest BCUT2D eigenvalue weighted by molar-refractivity contribution is 0.390. The van der Waals surface area contributed by atoms with Gasteiger partial charge in [-0.05, 0) is 18.9 Å². The molecule has 20 heavy (non-hydrogen) atoms. The molecule has 104 valence electrons. The lowest BCUT2D eigenvalue weighted by Crippen LogP contribution is -2.39. The van der Waals surface area contributed by atoms with E-state index in [9.17, 15) is 9.59 Å². The Bertz CT molecular complexity index is 744. The second-order valence-electron chi connectivity index (χ2n) is 4.83. The molecule has 0 aliphatic heterocycles. The standard InChI is InChI=1S/C14H15N3O3/c1-20-13-10(3-2-7-15-13)9-17-12(18)6-8-16(14(17)19)11-4-5-11/h2-3,6-8,11H,4-5,9H2,1H3. The van der Waals surface area contributed by atoms with Crippen molar-refractivity contribution in [1.82, 2.24) is 14.1 Å². The predicted molar refractivity (Wildman–Crippen MR) is 73.1 cm³/mol. The number of pyridine rings is 1. The van der Waals surface area contributed by atoms with Crippen molar-refractivity contribution < 1.29 is 4.74 Å². The van der Waals surface area contributed by atoms with E-state index in [4.69, 9.17) is 4.74 Å². The van der Waals surface area contributed by atoms with E-state index in [0.29, 0.717) is 11.4 Å². The van der Waals surface area contributed by atoms with Crippen LogP contribution in [-0.4, -0.2) is 21.2 Å². The fourth-order valence-corrected chi connectivity index (χ4v) is 2.21. The van der Waals surface area contributed by atoms with Crippen LogP contribution < -0.4 is 16.0 Å². The van der Waals surface area contributed by atoms with Gasteiger partial charge in [0.2, 0.25) is 5.88 Å². The minimum Gasteiger partial charge on any atom is -0.481 e. The van der Waals surface area contributed by atoms with Crippen LogP contribution in [0.3, 0.4) is 0 Å². The summed E-state index contributed by atoms with van der Waals surface area (Å²) in [6.07, 6.45) is 5.18. The van der Waals surface area contributed by atoms with Crippen LogP contribution in [0.4, 0.5) is 0 Å². The Morgan fingerprint density at radius 3 is 2.85 bits per heavy atom. The van der Waals surface area contributed by atoms with E-state index in [-0.39, 0.29) is 23.8 Å². The van der Waals surface area contributed by atoms with Crippen LogP contribution in [0.2, 0.25) is 0 Å². The second-order valence-corrected chi connectivity index (χ2v) is 4.83. The van der Waals surface area contributed by atoms with E-state index in [1.165, 1.54) is 17.7 Å². The van der Waals surface area contributed by atoms with Crippen LogP contribution in [-0.2, 0) is 6.54 Å². The summed E-state index contributed by atoms with van der Waals surface area (Å²) < 4.78 is 8.00. The first kappa shape index (κ1) is 12.7. The molecule has 0 unspecified atom stereocenters. The van der Waals surface area contributed by atoms with E-state index < -0.39 is 0 Å². The Morgan fingerprint density at radius 2 is 2.15 bits per heavy atom. The van der Waals surface area contributed by atoms with Crippen molar-refractivity contribution in [3.63, 3.8) is 0 Å². The van der Waals surface area contributed by atoms with Gasteiger partial charge in [-0.2, -0.15) is 0 Å². The first-order valence-corrected chi connectivity index (χ1v) is 6.50. The maximum Gasteiger partial charge on any atom is 0.331 e. The molecule has 6 nitrogen and oxygen atoms in total. The van der Waals surface area contributed by atoms with Crippen LogP contribution in [0, 0.1) is 0 Å². The lowest BCUT2D eigenvalue weighted by Gasteiger charge is -2.10. The van der Waals surface area contributed by atoms with Gasteiger partial charge in [0.1, 0.15) is 0 Å². The average molecular weight is 273 g/mol. The van der Waals surface area contributed by atoms with Gasteiger partial charge >= 0.3 is 5.69 Å². The molecule has 0 atom stereocenters. The number of aromatic nitrogens is 3. The third-order valence-electron chi connectivity index (χ3n) is 3.41. The van der Waals surface area contributed by atoms with Crippen molar-refractivity contribution in [1.29, 1.82) is 0 Å². The summed E-state index contributed by atoms with van der Waals surface area (Å²) in [5.41, 5.74) is 0.131. The van der Waals surface area contributed by atoms with E-state index >= 15 is 0 Å². The molecular formula is C14H15N3O3. The van der Waals surface area contributed by atoms with Crippen molar-refractivity contribution in [2.24, 2.45) is 0 Å². The molecule has 0 N–H and O–H groups in total. The molecule has 2 aromatic heterocycles. The van der Waals surface area contributed by atoms with E-state index in [1.807, 2.05) is 0 Å². The molecule has 6 heteroatoms. The largest absolute Gasteiger partial charge is 0.481 e. The first-order chi connectivity index (χ1) is 9.70. The summed E-state index contributed by atoms with van der Waals surface area (Å²) in [7, 11) is 1.52. The summed E-state index contributed by atoms with van der Waals surface area (Å²) in [5, 5.41) is 0. The molecule has 1 saturated carbocycles. The van der Waals surface area contributed by atoms with Crippen molar-refractivity contribution >= 4 is 0 Å². The van der Waals surface area contributed by atoms with Gasteiger partial charge in [0.25, 0.3) is 5.56 Å². The van der Waals surface area contributed by atoms with E-state index in [0.717, 1.165) is 12.8 Å². The maximum absolute atomic E-state index is 12.3. The molecule has 1 aliphatic carbocycles. The summed E-state index contributed by atoms with van der Waals surface area (Å²) in [4.78, 5) is 28.3. The molecule has 0 bridgehead atoms. The SMILES string of the molecule is COc1ncccc1Cn1c(=O)ccn(C2CC2)c1=O. The van der Waals surface area contributed by atoms with Gasteiger partial charge in [0.05, 0.1) is 13.7 Å². The highest BCUT2D eigenvalue weighted by Crippen LogP contribution is 2.32. The first-order valence-electron chi connectivity index (χ1n) is 6.50. The summed E-state index contributed by atoms with van der Waals surface area (Å²) in [5.74, 6) is 0.431. The minimum absolute atomic E-state index is 0.169. The molecule has 3 rings (SSSR count). The van der Waals surface area contributed by atoms with Crippen molar-refractivity contribution in [2.75, 3.05) is 7.11 Å². The summed E-state index contributed by atoms with van der Waals surface area (Å²) in [6.45, 7) is 0.169. The molecular weight excluding hydrogens is 258 g/mol. The topological polar surface area (TPSA) is 66.1 Å². The van der Waals surface area contributed by atoms with Gasteiger partial charge in [-0.3, -0.25) is 13.9 Å². The number of rotatable bonds is 4. The second kappa shape index (κ2) is 4.96. The number of hydrogen-bond acceptors (Lipinski definition) is 4. The Hall–Kier alpha value is -2.37. The molecule has 1 fully saturated rings. The number of ether oxygens (including phenoxy) is 1. The monoisotopic (exact) mass is 273 g/mol. The summed E-state index contributed by atoms with van der Waals surface area (Å²) in [6, 6.07) is 5.23. The number of methoxy groups -OCH3 is 1. The van der Waals surface area contributed by atoms with Gasteiger partial charge in [0.15, 0.2) is 0 Å². The van der Waals surface area contributed by atoms with Crippen LogP contribution in [0.1, 0.15) is 24.4 Å². The minimum atomic E-state index is -0.308. The Morgan fingerprint density at radius 1 is 1.35 bits per heavy atom. The zero-order valence-electron chi connectivity index (χ0n) is 11.2. The third kappa shape index (κ3) is 2.24. The molecule has 0 saturated heterocycles. The molecule has 0 spiro atoms. The number of hydrogen-bond donors (Lipinski definition) is 0. The fourth-order valence-electron chi connectivity index (χ4n) is 2.21.